The third-order valence-corrected chi connectivity index (χ3v) is 15.3. The number of benzene rings is 1. The van der Waals surface area contributed by atoms with Crippen LogP contribution < -0.4 is 9.46 Å². The Morgan fingerprint density at radius 3 is 2.25 bits per heavy atom. The number of fused-ring (bicyclic) bond motifs is 6. The number of hydrogen-bond donors (Lipinski definition) is 1. The first kappa shape index (κ1) is 33.4. The van der Waals surface area contributed by atoms with Gasteiger partial charge < -0.3 is 24.0 Å². The van der Waals surface area contributed by atoms with Crippen molar-refractivity contribution in [3.63, 3.8) is 0 Å². The fourth-order valence-electron chi connectivity index (χ4n) is 11.5. The molecule has 11 heteroatoms. The lowest BCUT2D eigenvalue weighted by Crippen LogP contribution is -2.44. The molecule has 2 amide bonds. The number of hydrogen-bond acceptors (Lipinski definition) is 7. The number of aromatic nitrogens is 1. The van der Waals surface area contributed by atoms with E-state index >= 15 is 4.79 Å². The second-order valence-corrected chi connectivity index (χ2v) is 19.4. The summed E-state index contributed by atoms with van der Waals surface area (Å²) >= 11 is 0. The first-order valence-corrected chi connectivity index (χ1v) is 20.5. The van der Waals surface area contributed by atoms with Gasteiger partial charge in [0.05, 0.1) is 29.4 Å². The van der Waals surface area contributed by atoms with Gasteiger partial charge in [0.1, 0.15) is 5.75 Å². The fourth-order valence-corrected chi connectivity index (χ4v) is 12.1. The normalized spacial score (nSPS) is 30.7. The quantitative estimate of drug-likeness (QED) is 0.469. The van der Waals surface area contributed by atoms with Crippen LogP contribution in [0.1, 0.15) is 75.5 Å². The molecule has 10 nitrogen and oxygen atoms in total. The lowest BCUT2D eigenvalue weighted by molar-refractivity contribution is -0.136. The molecule has 1 saturated carbocycles. The summed E-state index contributed by atoms with van der Waals surface area (Å²) in [5, 5.41) is 0.309. The van der Waals surface area contributed by atoms with E-state index in [0.717, 1.165) is 91.2 Å². The van der Waals surface area contributed by atoms with Crippen molar-refractivity contribution >= 4 is 32.7 Å². The van der Waals surface area contributed by atoms with Gasteiger partial charge in [-0.05, 0) is 87.5 Å². The summed E-state index contributed by atoms with van der Waals surface area (Å²) in [5.74, 6) is 0.239. The lowest BCUT2D eigenvalue weighted by Gasteiger charge is -2.35. The van der Waals surface area contributed by atoms with Crippen LogP contribution in [-0.2, 0) is 26.2 Å². The van der Waals surface area contributed by atoms with Crippen LogP contribution >= 0.6 is 0 Å². The highest BCUT2D eigenvalue weighted by atomic mass is 32.2. The largest absolute Gasteiger partial charge is 0.496 e. The van der Waals surface area contributed by atoms with Gasteiger partial charge >= 0.3 is 0 Å². The summed E-state index contributed by atoms with van der Waals surface area (Å²) in [5.41, 5.74) is 6.79. The Kier molecular flexibility index (Phi) is 7.57. The molecule has 1 aromatic heterocycles. The minimum atomic E-state index is -3.82. The van der Waals surface area contributed by atoms with Crippen molar-refractivity contribution in [1.82, 2.24) is 24.0 Å². The molecule has 3 saturated heterocycles. The summed E-state index contributed by atoms with van der Waals surface area (Å²) in [4.78, 5) is 36.0. The van der Waals surface area contributed by atoms with Crippen LogP contribution in [-0.4, -0.2) is 105 Å². The van der Waals surface area contributed by atoms with Crippen LogP contribution in [0.5, 0.6) is 5.75 Å². The first-order valence-electron chi connectivity index (χ1n) is 18.9. The van der Waals surface area contributed by atoms with Gasteiger partial charge in [0.2, 0.25) is 15.9 Å². The molecule has 0 radical (unpaired) electrons. The number of rotatable bonds is 6. The topological polar surface area (TPSA) is 104 Å². The minimum absolute atomic E-state index is 0.0803. The van der Waals surface area contributed by atoms with Gasteiger partial charge in [0.15, 0.2) is 0 Å². The molecule has 1 aromatic carbocycles. The highest BCUT2D eigenvalue weighted by molar-refractivity contribution is 7.90. The SMILES string of the molecule is COc1ccc(C2CCCCC2)c2c1cc1n2CC2=C(C(=O)NS(=O)(=O)C(C)C)C2=C2C=CC[C@@H](C(=O)N3CC45CN(C)CC4(CN(C)C5)C3)[C@@H]21. The smallest absolute Gasteiger partial charge is 0.265 e. The lowest BCUT2D eigenvalue weighted by atomic mass is 9.71. The summed E-state index contributed by atoms with van der Waals surface area (Å²) in [6, 6.07) is 6.58. The Balaban J connectivity index is 1.18. The standard InChI is InChI=1S/C40H51N5O5S/c1-24(2)51(48,49)41-37(46)35-30-17-45-31(16-29-32(50-5)15-14-26(36(29)45)25-10-7-6-8-11-25)33-27(34(30)35)12-9-13-28(33)38(47)44-22-39-18-42(3)19-40(39,23-44)21-43(4)20-39/h9,12,14-16,24-25,28,33H,6-8,10-11,13,17-23H2,1-5H3,(H,41,46)/t28-,33-,39?,40?/m1/s1. The number of ether oxygens (including phenoxy) is 1. The van der Waals surface area contributed by atoms with Crippen molar-refractivity contribution in [1.29, 1.82) is 0 Å². The summed E-state index contributed by atoms with van der Waals surface area (Å²) in [6.07, 6.45) is 10.7. The maximum absolute atomic E-state index is 15.1. The predicted octanol–water partition coefficient (Wildman–Crippen LogP) is 4.54. The number of likely N-dealkylation sites (tertiary alicyclic amines) is 3. The van der Waals surface area contributed by atoms with E-state index in [9.17, 15) is 13.2 Å². The Morgan fingerprint density at radius 1 is 0.961 bits per heavy atom. The van der Waals surface area contributed by atoms with Gasteiger partial charge in [0, 0.05) is 73.6 Å². The maximum Gasteiger partial charge on any atom is 0.265 e. The van der Waals surface area contributed by atoms with E-state index in [4.69, 9.17) is 4.74 Å². The van der Waals surface area contributed by atoms with Gasteiger partial charge in [-0.3, -0.25) is 9.59 Å². The second-order valence-electron chi connectivity index (χ2n) is 17.1. The average Bonchev–Trinajstić information content (AvgIpc) is 3.34. The van der Waals surface area contributed by atoms with E-state index < -0.39 is 21.2 Å². The molecule has 2 aromatic rings. The molecule has 7 aliphatic rings. The van der Waals surface area contributed by atoms with Gasteiger partial charge in [-0.15, -0.1) is 0 Å². The number of sulfonamides is 1. The predicted molar refractivity (Wildman–Crippen MR) is 197 cm³/mol. The molecule has 2 atom stereocenters. The third-order valence-electron chi connectivity index (χ3n) is 13.6. The van der Waals surface area contributed by atoms with E-state index in [-0.39, 0.29) is 28.6 Å². The van der Waals surface area contributed by atoms with Crippen molar-refractivity contribution in [2.75, 3.05) is 60.5 Å². The van der Waals surface area contributed by atoms with E-state index in [1.54, 1.807) is 21.0 Å². The van der Waals surface area contributed by atoms with Crippen LogP contribution in [0.15, 0.2) is 52.6 Å². The highest BCUT2D eigenvalue weighted by Crippen LogP contribution is 2.58. The van der Waals surface area contributed by atoms with Crippen molar-refractivity contribution in [2.24, 2.45) is 16.7 Å². The fraction of sp³-hybridized carbons (Fsp3) is 0.600. The minimum Gasteiger partial charge on any atom is -0.496 e. The average molecular weight is 714 g/mol. The Hall–Kier alpha value is -3.41. The molecular formula is C40H51N5O5S. The van der Waals surface area contributed by atoms with Gasteiger partial charge in [0.25, 0.3) is 5.91 Å². The number of nitrogens with one attached hydrogen (secondary N) is 1. The van der Waals surface area contributed by atoms with Crippen LogP contribution in [0, 0.1) is 16.7 Å². The summed E-state index contributed by atoms with van der Waals surface area (Å²) in [6.45, 7) is 9.17. The second kappa shape index (κ2) is 11.5. The molecule has 1 N–H and O–H groups in total. The maximum atomic E-state index is 15.1. The molecule has 51 heavy (non-hydrogen) atoms. The third kappa shape index (κ3) is 4.89. The van der Waals surface area contributed by atoms with Gasteiger partial charge in [-0.2, -0.15) is 0 Å². The molecule has 4 aliphatic heterocycles. The molecule has 0 unspecified atom stereocenters. The zero-order chi connectivity index (χ0) is 35.6. The van der Waals surface area contributed by atoms with E-state index in [0.29, 0.717) is 24.5 Å². The van der Waals surface area contributed by atoms with Crippen molar-refractivity contribution < 1.29 is 22.7 Å². The number of methoxy groups -OCH3 is 1. The van der Waals surface area contributed by atoms with E-state index in [1.807, 2.05) is 0 Å². The number of carbonyl (C=O) groups excluding carboxylic acids is 2. The van der Waals surface area contributed by atoms with Crippen LogP contribution in [0.25, 0.3) is 10.9 Å². The molecule has 0 spiro atoms. The zero-order valence-corrected chi connectivity index (χ0v) is 31.4. The number of nitrogens with zero attached hydrogens (tertiary/aromatic N) is 4. The Labute approximate surface area is 301 Å². The molecular weight excluding hydrogens is 663 g/mol. The molecule has 5 heterocycles. The summed E-state index contributed by atoms with van der Waals surface area (Å²) in [7, 11) is 2.32. The first-order chi connectivity index (χ1) is 24.4. The van der Waals surface area contributed by atoms with Crippen LogP contribution in [0.4, 0.5) is 0 Å². The Bertz CT molecular complexity index is 2030. The molecule has 3 aliphatic carbocycles. The molecule has 9 rings (SSSR count). The van der Waals surface area contributed by atoms with Crippen molar-refractivity contribution in [2.45, 2.75) is 76.0 Å². The van der Waals surface area contributed by atoms with Crippen molar-refractivity contribution in [3.8, 4) is 5.75 Å². The number of carbonyl (C=O) groups is 2. The molecule has 272 valence electrons. The van der Waals surface area contributed by atoms with E-state index in [1.165, 1.54) is 24.8 Å². The van der Waals surface area contributed by atoms with Gasteiger partial charge in [-0.1, -0.05) is 37.5 Å². The van der Waals surface area contributed by atoms with E-state index in [2.05, 4.69) is 68.4 Å². The number of allylic oxidation sites excluding steroid dienone is 4. The summed E-state index contributed by atoms with van der Waals surface area (Å²) < 4.78 is 36.5. The zero-order valence-electron chi connectivity index (χ0n) is 30.6. The van der Waals surface area contributed by atoms with Gasteiger partial charge in [-0.25, -0.2) is 13.1 Å². The van der Waals surface area contributed by atoms with Crippen LogP contribution in [0.2, 0.25) is 0 Å². The van der Waals surface area contributed by atoms with Crippen LogP contribution in [0.3, 0.4) is 0 Å². The Morgan fingerprint density at radius 2 is 1.63 bits per heavy atom. The molecule has 0 bridgehead atoms. The monoisotopic (exact) mass is 713 g/mol. The van der Waals surface area contributed by atoms with Crippen molar-refractivity contribution in [3.05, 3.63) is 63.9 Å². The highest BCUT2D eigenvalue weighted by Gasteiger charge is 2.67. The molecule has 4 fully saturated rings. The number of amides is 2.